The number of aromatic nitrogens is 2. The second-order valence-electron chi connectivity index (χ2n) is 5.97. The van der Waals surface area contributed by atoms with Gasteiger partial charge in [0.15, 0.2) is 21.4 Å². The van der Waals surface area contributed by atoms with E-state index in [9.17, 15) is 13.2 Å². The highest BCUT2D eigenvalue weighted by Gasteiger charge is 2.20. The van der Waals surface area contributed by atoms with Crippen molar-refractivity contribution in [3.8, 4) is 6.07 Å². The Bertz CT molecular complexity index is 819. The molecule has 0 aliphatic carbocycles. The largest absolute Gasteiger partial charge is 0.346 e. The SMILES string of the molecule is C/C=C(\C=C/CNC(=O)c1nc(C#N)c[nH]1)CCN1CCS(=O)(=O)CC1. The summed E-state index contributed by atoms with van der Waals surface area (Å²) in [4.78, 5) is 20.5. The molecule has 2 rings (SSSR count). The van der Waals surface area contributed by atoms with Gasteiger partial charge >= 0.3 is 0 Å². The van der Waals surface area contributed by atoms with Crippen LogP contribution in [-0.4, -0.2) is 66.9 Å². The predicted molar refractivity (Wildman–Crippen MR) is 98.2 cm³/mol. The number of nitriles is 1. The van der Waals surface area contributed by atoms with Crippen LogP contribution in [0.15, 0.2) is 30.0 Å². The Morgan fingerprint density at radius 2 is 2.19 bits per heavy atom. The van der Waals surface area contributed by atoms with E-state index in [0.717, 1.165) is 18.5 Å². The number of nitrogens with zero attached hydrogens (tertiary/aromatic N) is 3. The fourth-order valence-electron chi connectivity index (χ4n) is 2.53. The molecule has 1 fully saturated rings. The monoisotopic (exact) mass is 377 g/mol. The lowest BCUT2D eigenvalue weighted by Crippen LogP contribution is -2.40. The van der Waals surface area contributed by atoms with Gasteiger partial charge < -0.3 is 15.2 Å². The smallest absolute Gasteiger partial charge is 0.287 e. The molecule has 1 aromatic heterocycles. The van der Waals surface area contributed by atoms with Crippen LogP contribution in [0.25, 0.3) is 0 Å². The Morgan fingerprint density at radius 3 is 2.81 bits per heavy atom. The minimum atomic E-state index is -2.84. The second kappa shape index (κ2) is 9.31. The fourth-order valence-corrected chi connectivity index (χ4v) is 3.80. The molecule has 0 atom stereocenters. The maximum Gasteiger partial charge on any atom is 0.287 e. The van der Waals surface area contributed by atoms with Crippen LogP contribution in [0.1, 0.15) is 29.7 Å². The first-order valence-electron chi connectivity index (χ1n) is 8.42. The molecule has 26 heavy (non-hydrogen) atoms. The molecule has 2 heterocycles. The number of sulfone groups is 1. The molecule has 0 bridgehead atoms. The minimum absolute atomic E-state index is 0.112. The highest BCUT2D eigenvalue weighted by molar-refractivity contribution is 7.91. The highest BCUT2D eigenvalue weighted by atomic mass is 32.2. The van der Waals surface area contributed by atoms with Crippen molar-refractivity contribution in [2.24, 2.45) is 0 Å². The van der Waals surface area contributed by atoms with Crippen LogP contribution >= 0.6 is 0 Å². The molecule has 1 aromatic rings. The molecule has 1 aliphatic heterocycles. The van der Waals surface area contributed by atoms with Gasteiger partial charge in [0.2, 0.25) is 0 Å². The maximum absolute atomic E-state index is 11.9. The standard InChI is InChI=1S/C17H23N5O3S/c1-2-14(5-7-22-8-10-26(24,25)11-9-22)4-3-6-19-17(23)16-20-13-15(12-18)21-16/h2-4,13H,5-11H2,1H3,(H,19,23)(H,20,21)/b4-3-,14-2+. The van der Waals surface area contributed by atoms with Gasteiger partial charge in [-0.2, -0.15) is 5.26 Å². The molecular formula is C17H23N5O3S. The summed E-state index contributed by atoms with van der Waals surface area (Å²) in [6.45, 7) is 4.29. The van der Waals surface area contributed by atoms with E-state index in [4.69, 9.17) is 5.26 Å². The average Bonchev–Trinajstić information content (AvgIpc) is 3.11. The van der Waals surface area contributed by atoms with Crippen molar-refractivity contribution in [1.82, 2.24) is 20.2 Å². The first-order valence-corrected chi connectivity index (χ1v) is 10.2. The first kappa shape index (κ1) is 19.9. The first-order chi connectivity index (χ1) is 12.4. The molecule has 0 aromatic carbocycles. The quantitative estimate of drug-likeness (QED) is 0.673. The lowest BCUT2D eigenvalue weighted by atomic mass is 10.1. The van der Waals surface area contributed by atoms with Gasteiger partial charge in [-0.25, -0.2) is 13.4 Å². The predicted octanol–water partition coefficient (Wildman–Crippen LogP) is 0.634. The van der Waals surface area contributed by atoms with Crippen molar-refractivity contribution >= 4 is 15.7 Å². The molecule has 8 nitrogen and oxygen atoms in total. The zero-order chi connectivity index (χ0) is 19.0. The van der Waals surface area contributed by atoms with Crippen molar-refractivity contribution in [3.05, 3.63) is 41.5 Å². The van der Waals surface area contributed by atoms with Gasteiger partial charge in [0.05, 0.1) is 11.5 Å². The van der Waals surface area contributed by atoms with E-state index in [1.165, 1.54) is 6.20 Å². The second-order valence-corrected chi connectivity index (χ2v) is 8.27. The van der Waals surface area contributed by atoms with Crippen LogP contribution in [0.5, 0.6) is 0 Å². The summed E-state index contributed by atoms with van der Waals surface area (Å²) in [7, 11) is -2.84. The van der Waals surface area contributed by atoms with Crippen molar-refractivity contribution < 1.29 is 13.2 Å². The Kier molecular flexibility index (Phi) is 7.12. The molecule has 1 saturated heterocycles. The third kappa shape index (κ3) is 6.13. The Hall–Kier alpha value is -2.44. The summed E-state index contributed by atoms with van der Waals surface area (Å²) in [5.74, 6) is 0.217. The Labute approximate surface area is 153 Å². The van der Waals surface area contributed by atoms with E-state index in [2.05, 4.69) is 20.2 Å². The van der Waals surface area contributed by atoms with E-state index >= 15 is 0 Å². The third-order valence-corrected chi connectivity index (χ3v) is 5.75. The molecular weight excluding hydrogens is 354 g/mol. The topological polar surface area (TPSA) is 119 Å². The van der Waals surface area contributed by atoms with E-state index in [1.807, 2.05) is 31.2 Å². The number of aromatic amines is 1. The minimum Gasteiger partial charge on any atom is -0.346 e. The van der Waals surface area contributed by atoms with Gasteiger partial charge in [-0.05, 0) is 13.3 Å². The molecule has 0 radical (unpaired) electrons. The number of imidazole rings is 1. The van der Waals surface area contributed by atoms with E-state index < -0.39 is 9.84 Å². The van der Waals surface area contributed by atoms with Crippen LogP contribution in [-0.2, 0) is 9.84 Å². The van der Waals surface area contributed by atoms with Gasteiger partial charge in [0, 0.05) is 32.4 Å². The van der Waals surface area contributed by atoms with Crippen LogP contribution in [0, 0.1) is 11.3 Å². The fraction of sp³-hybridized carbons (Fsp3) is 0.471. The molecule has 1 aliphatic rings. The Morgan fingerprint density at radius 1 is 1.46 bits per heavy atom. The molecule has 0 spiro atoms. The number of H-pyrrole nitrogens is 1. The lowest BCUT2D eigenvalue weighted by molar-refractivity contribution is 0.0948. The zero-order valence-corrected chi connectivity index (χ0v) is 15.6. The summed E-state index contributed by atoms with van der Waals surface area (Å²) in [5.41, 5.74) is 1.30. The average molecular weight is 377 g/mol. The molecule has 0 saturated carbocycles. The number of hydrogen-bond acceptors (Lipinski definition) is 6. The van der Waals surface area contributed by atoms with Gasteiger partial charge in [0.25, 0.3) is 5.91 Å². The molecule has 2 N–H and O–H groups in total. The zero-order valence-electron chi connectivity index (χ0n) is 14.7. The van der Waals surface area contributed by atoms with Crippen molar-refractivity contribution in [1.29, 1.82) is 5.26 Å². The van der Waals surface area contributed by atoms with Gasteiger partial charge in [-0.15, -0.1) is 0 Å². The number of hydrogen-bond donors (Lipinski definition) is 2. The molecule has 0 unspecified atom stereocenters. The van der Waals surface area contributed by atoms with Crippen LogP contribution in [0.3, 0.4) is 0 Å². The number of carbonyl (C=O) groups excluding carboxylic acids is 1. The maximum atomic E-state index is 11.9. The van der Waals surface area contributed by atoms with E-state index in [-0.39, 0.29) is 28.9 Å². The van der Waals surface area contributed by atoms with Crippen molar-refractivity contribution in [2.45, 2.75) is 13.3 Å². The van der Waals surface area contributed by atoms with Crippen LogP contribution in [0.4, 0.5) is 0 Å². The summed E-state index contributed by atoms with van der Waals surface area (Å²) in [5, 5.41) is 11.4. The lowest BCUT2D eigenvalue weighted by Gasteiger charge is -2.26. The molecule has 140 valence electrons. The highest BCUT2D eigenvalue weighted by Crippen LogP contribution is 2.09. The number of rotatable bonds is 7. The summed E-state index contributed by atoms with van der Waals surface area (Å²) < 4.78 is 22.9. The number of carbonyl (C=O) groups is 1. The number of allylic oxidation sites excluding steroid dienone is 2. The normalized spacial score (nSPS) is 17.9. The van der Waals surface area contributed by atoms with Crippen LogP contribution < -0.4 is 5.32 Å². The molecule has 9 heteroatoms. The summed E-state index contributed by atoms with van der Waals surface area (Å²) in [6.07, 6.45) is 8.01. The van der Waals surface area contributed by atoms with Crippen LogP contribution in [0.2, 0.25) is 0 Å². The summed E-state index contributed by atoms with van der Waals surface area (Å²) >= 11 is 0. The molecule has 1 amide bonds. The number of nitrogens with one attached hydrogen (secondary N) is 2. The Balaban J connectivity index is 1.72. The van der Waals surface area contributed by atoms with Crippen molar-refractivity contribution in [2.75, 3.05) is 37.7 Å². The third-order valence-electron chi connectivity index (χ3n) is 4.14. The summed E-state index contributed by atoms with van der Waals surface area (Å²) in [6, 6.07) is 1.86. The van der Waals surface area contributed by atoms with E-state index in [1.54, 1.807) is 0 Å². The van der Waals surface area contributed by atoms with E-state index in [0.29, 0.717) is 19.6 Å². The van der Waals surface area contributed by atoms with Gasteiger partial charge in [0.1, 0.15) is 6.07 Å². The van der Waals surface area contributed by atoms with Gasteiger partial charge in [-0.1, -0.05) is 23.8 Å². The van der Waals surface area contributed by atoms with Gasteiger partial charge in [-0.3, -0.25) is 4.79 Å². The van der Waals surface area contributed by atoms with Crippen molar-refractivity contribution in [3.63, 3.8) is 0 Å². The number of amides is 1.